The molecule has 2 aromatic rings. The van der Waals surface area contributed by atoms with E-state index in [0.29, 0.717) is 12.0 Å². The number of aromatic amines is 1. The predicted molar refractivity (Wildman–Crippen MR) is 57.7 cm³/mol. The third kappa shape index (κ3) is 1.39. The van der Waals surface area contributed by atoms with Gasteiger partial charge in [-0.25, -0.2) is 9.59 Å². The molecule has 0 bridgehead atoms. The predicted octanol–water partition coefficient (Wildman–Crippen LogP) is -0.258. The standard InChI is InChI=1S/C10H10N2O4/c1-3-5-4-6(13)16-8-7(5)9(14)12(2)10(15)11-8/h4H,3H2,1-2H3,(H,11,15). The molecule has 0 aliphatic heterocycles. The molecule has 0 aromatic carbocycles. The molecular weight excluding hydrogens is 212 g/mol. The third-order valence-electron chi connectivity index (χ3n) is 2.47. The normalized spacial score (nSPS) is 10.9. The van der Waals surface area contributed by atoms with E-state index < -0.39 is 16.9 Å². The maximum Gasteiger partial charge on any atom is 0.337 e. The van der Waals surface area contributed by atoms with Crippen molar-refractivity contribution in [2.75, 3.05) is 0 Å². The molecule has 6 nitrogen and oxygen atoms in total. The van der Waals surface area contributed by atoms with Crippen molar-refractivity contribution in [1.82, 2.24) is 9.55 Å². The van der Waals surface area contributed by atoms with Gasteiger partial charge in [0.05, 0.1) is 0 Å². The second kappa shape index (κ2) is 3.48. The van der Waals surface area contributed by atoms with E-state index >= 15 is 0 Å². The number of aryl methyl sites for hydroxylation is 1. The maximum atomic E-state index is 11.8. The van der Waals surface area contributed by atoms with Crippen molar-refractivity contribution < 1.29 is 4.42 Å². The summed E-state index contributed by atoms with van der Waals surface area (Å²) >= 11 is 0. The molecule has 0 unspecified atom stereocenters. The zero-order valence-electron chi connectivity index (χ0n) is 8.86. The number of hydrogen-bond acceptors (Lipinski definition) is 4. The molecule has 1 N–H and O–H groups in total. The highest BCUT2D eigenvalue weighted by molar-refractivity contribution is 5.75. The van der Waals surface area contributed by atoms with Crippen LogP contribution in [0.15, 0.2) is 24.9 Å². The molecule has 0 fully saturated rings. The Balaban J connectivity index is 3.14. The second-order valence-electron chi connectivity index (χ2n) is 3.44. The number of hydrogen-bond donors (Lipinski definition) is 1. The van der Waals surface area contributed by atoms with Crippen molar-refractivity contribution in [2.24, 2.45) is 7.05 Å². The van der Waals surface area contributed by atoms with Crippen molar-refractivity contribution in [1.29, 1.82) is 0 Å². The van der Waals surface area contributed by atoms with Gasteiger partial charge in [0, 0.05) is 13.1 Å². The van der Waals surface area contributed by atoms with Crippen LogP contribution in [0.5, 0.6) is 0 Å². The second-order valence-corrected chi connectivity index (χ2v) is 3.44. The van der Waals surface area contributed by atoms with Gasteiger partial charge in [0.1, 0.15) is 5.39 Å². The fourth-order valence-corrected chi connectivity index (χ4v) is 1.58. The molecule has 6 heteroatoms. The average Bonchev–Trinajstić information content (AvgIpc) is 2.24. The van der Waals surface area contributed by atoms with Gasteiger partial charge < -0.3 is 4.42 Å². The van der Waals surface area contributed by atoms with Gasteiger partial charge in [0.2, 0.25) is 5.71 Å². The molecule has 0 aliphatic rings. The number of rotatable bonds is 1. The van der Waals surface area contributed by atoms with Gasteiger partial charge in [-0.15, -0.1) is 0 Å². The van der Waals surface area contributed by atoms with Gasteiger partial charge in [0.15, 0.2) is 0 Å². The van der Waals surface area contributed by atoms with Crippen LogP contribution >= 0.6 is 0 Å². The van der Waals surface area contributed by atoms with Crippen LogP contribution in [-0.2, 0) is 13.5 Å². The van der Waals surface area contributed by atoms with E-state index in [0.717, 1.165) is 4.57 Å². The minimum Gasteiger partial charge on any atom is -0.405 e. The van der Waals surface area contributed by atoms with Crippen molar-refractivity contribution in [3.63, 3.8) is 0 Å². The van der Waals surface area contributed by atoms with E-state index in [9.17, 15) is 14.4 Å². The topological polar surface area (TPSA) is 85.1 Å². The highest BCUT2D eigenvalue weighted by Crippen LogP contribution is 2.08. The van der Waals surface area contributed by atoms with Crippen LogP contribution in [0.3, 0.4) is 0 Å². The molecule has 0 saturated heterocycles. The number of fused-ring (bicyclic) bond motifs is 1. The Kier molecular flexibility index (Phi) is 2.26. The first-order valence-electron chi connectivity index (χ1n) is 4.80. The molecule has 16 heavy (non-hydrogen) atoms. The molecule has 0 atom stereocenters. The Hall–Kier alpha value is -2.11. The lowest BCUT2D eigenvalue weighted by molar-refractivity contribution is 0.541. The van der Waals surface area contributed by atoms with Gasteiger partial charge in [-0.05, 0) is 12.0 Å². The van der Waals surface area contributed by atoms with Crippen molar-refractivity contribution in [2.45, 2.75) is 13.3 Å². The summed E-state index contributed by atoms with van der Waals surface area (Å²) in [6.45, 7) is 1.82. The lowest BCUT2D eigenvalue weighted by Gasteiger charge is -2.02. The maximum absolute atomic E-state index is 11.8. The van der Waals surface area contributed by atoms with E-state index in [2.05, 4.69) is 4.98 Å². The summed E-state index contributed by atoms with van der Waals surface area (Å²) in [6, 6.07) is 1.27. The zero-order chi connectivity index (χ0) is 11.9. The molecule has 0 amide bonds. The fourth-order valence-electron chi connectivity index (χ4n) is 1.58. The van der Waals surface area contributed by atoms with Crippen LogP contribution < -0.4 is 16.9 Å². The molecule has 0 spiro atoms. The highest BCUT2D eigenvalue weighted by Gasteiger charge is 2.11. The Morgan fingerprint density at radius 3 is 2.69 bits per heavy atom. The first kappa shape index (κ1) is 10.4. The SMILES string of the molecule is CCc1cc(=O)oc2[nH]c(=O)n(C)c(=O)c12. The van der Waals surface area contributed by atoms with Crippen molar-refractivity contribution >= 4 is 11.1 Å². The smallest absolute Gasteiger partial charge is 0.337 e. The molecule has 2 rings (SSSR count). The van der Waals surface area contributed by atoms with E-state index in [1.807, 2.05) is 6.92 Å². The van der Waals surface area contributed by atoms with Crippen LogP contribution in [0.25, 0.3) is 11.1 Å². The first-order valence-corrected chi connectivity index (χ1v) is 4.80. The van der Waals surface area contributed by atoms with Crippen LogP contribution in [0, 0.1) is 0 Å². The lowest BCUT2D eigenvalue weighted by Crippen LogP contribution is -2.33. The summed E-state index contributed by atoms with van der Waals surface area (Å²) in [4.78, 5) is 36.7. The van der Waals surface area contributed by atoms with Crippen LogP contribution in [-0.4, -0.2) is 9.55 Å². The van der Waals surface area contributed by atoms with Crippen molar-refractivity contribution in [3.05, 3.63) is 42.9 Å². The summed E-state index contributed by atoms with van der Waals surface area (Å²) in [5, 5.41) is 0.254. The molecule has 0 radical (unpaired) electrons. The molecule has 2 heterocycles. The Morgan fingerprint density at radius 1 is 1.38 bits per heavy atom. The summed E-state index contributed by atoms with van der Waals surface area (Å²) in [5.41, 5.74) is -1.12. The van der Waals surface area contributed by atoms with Gasteiger partial charge in [0.25, 0.3) is 5.56 Å². The summed E-state index contributed by atoms with van der Waals surface area (Å²) < 4.78 is 5.74. The Morgan fingerprint density at radius 2 is 2.06 bits per heavy atom. The van der Waals surface area contributed by atoms with E-state index in [-0.39, 0.29) is 11.1 Å². The fraction of sp³-hybridized carbons (Fsp3) is 0.300. The van der Waals surface area contributed by atoms with Gasteiger partial charge >= 0.3 is 11.3 Å². The quantitative estimate of drug-likeness (QED) is 0.720. The highest BCUT2D eigenvalue weighted by atomic mass is 16.4. The van der Waals surface area contributed by atoms with Crippen LogP contribution in [0.1, 0.15) is 12.5 Å². The average molecular weight is 222 g/mol. The summed E-state index contributed by atoms with van der Waals surface area (Å²) in [5.74, 6) is 0. The third-order valence-corrected chi connectivity index (χ3v) is 2.47. The van der Waals surface area contributed by atoms with Gasteiger partial charge in [-0.2, -0.15) is 0 Å². The van der Waals surface area contributed by atoms with Gasteiger partial charge in [-0.3, -0.25) is 14.3 Å². The van der Waals surface area contributed by atoms with E-state index in [4.69, 9.17) is 4.42 Å². The van der Waals surface area contributed by atoms with Gasteiger partial charge in [-0.1, -0.05) is 6.92 Å². The molecule has 84 valence electrons. The zero-order valence-corrected chi connectivity index (χ0v) is 8.86. The minimum absolute atomic E-state index is 0.0579. The van der Waals surface area contributed by atoms with E-state index in [1.54, 1.807) is 0 Å². The molecular formula is C10H10N2O4. The molecule has 2 aromatic heterocycles. The largest absolute Gasteiger partial charge is 0.405 e. The number of H-pyrrole nitrogens is 1. The number of nitrogens with one attached hydrogen (secondary N) is 1. The lowest BCUT2D eigenvalue weighted by atomic mass is 10.1. The summed E-state index contributed by atoms with van der Waals surface area (Å²) in [6.07, 6.45) is 0.517. The summed E-state index contributed by atoms with van der Waals surface area (Å²) in [7, 11) is 1.37. The van der Waals surface area contributed by atoms with Crippen LogP contribution in [0.4, 0.5) is 0 Å². The van der Waals surface area contributed by atoms with Crippen LogP contribution in [0.2, 0.25) is 0 Å². The number of nitrogens with zero attached hydrogens (tertiary/aromatic N) is 1. The van der Waals surface area contributed by atoms with Crippen molar-refractivity contribution in [3.8, 4) is 0 Å². The van der Waals surface area contributed by atoms with E-state index in [1.165, 1.54) is 13.1 Å². The Bertz CT molecular complexity index is 720. The number of aromatic nitrogens is 2. The minimum atomic E-state index is -0.603. The monoisotopic (exact) mass is 222 g/mol. The Labute approximate surface area is 89.1 Å². The molecule has 0 saturated carbocycles. The molecule has 0 aliphatic carbocycles. The first-order chi connectivity index (χ1) is 7.54.